The maximum absolute atomic E-state index is 4.55. The maximum Gasteiger partial charge on any atom is 0.184 e. The molecule has 1 aromatic carbocycles. The van der Waals surface area contributed by atoms with E-state index in [0.717, 1.165) is 16.5 Å². The van der Waals surface area contributed by atoms with Crippen molar-refractivity contribution in [3.8, 4) is 0 Å². The van der Waals surface area contributed by atoms with Crippen LogP contribution in [-0.4, -0.2) is 19.7 Å². The number of benzene rings is 1. The number of aromatic nitrogens is 4. The lowest BCUT2D eigenvalue weighted by molar-refractivity contribution is 0.812. The Balaban J connectivity index is 1.81. The molecule has 0 aliphatic carbocycles. The summed E-state index contributed by atoms with van der Waals surface area (Å²) >= 11 is 1.65. The van der Waals surface area contributed by atoms with Gasteiger partial charge in [-0.1, -0.05) is 17.4 Å². The number of nitrogens with one attached hydrogen (secondary N) is 1. The molecule has 0 aliphatic heterocycles. The number of hydrogen-bond donors (Lipinski definition) is 1. The average Bonchev–Trinajstić information content (AvgIpc) is 2.92. The van der Waals surface area contributed by atoms with Gasteiger partial charge in [-0.25, -0.2) is 4.98 Å². The van der Waals surface area contributed by atoms with Crippen molar-refractivity contribution in [1.82, 2.24) is 19.7 Å². The zero-order chi connectivity index (χ0) is 12.5. The van der Waals surface area contributed by atoms with E-state index in [1.54, 1.807) is 17.7 Å². The van der Waals surface area contributed by atoms with Gasteiger partial charge in [-0.3, -0.25) is 0 Å². The molecule has 5 nitrogen and oxygen atoms in total. The summed E-state index contributed by atoms with van der Waals surface area (Å²) in [5, 5.41) is 12.1. The summed E-state index contributed by atoms with van der Waals surface area (Å²) in [5.74, 6) is 0.894. The zero-order valence-corrected chi connectivity index (χ0v) is 11.0. The number of nitrogens with zero attached hydrogens (tertiary/aromatic N) is 4. The SMILES string of the molecule is Cc1ccc2sc(NCc3nncn3C)nc2c1. The molecule has 0 saturated heterocycles. The molecule has 2 aromatic heterocycles. The molecule has 6 heteroatoms. The van der Waals surface area contributed by atoms with Crippen molar-refractivity contribution >= 4 is 26.7 Å². The predicted octanol–water partition coefficient (Wildman–Crippen LogP) is 2.35. The second kappa shape index (κ2) is 4.38. The molecule has 3 aromatic rings. The Morgan fingerprint density at radius 2 is 2.28 bits per heavy atom. The summed E-state index contributed by atoms with van der Waals surface area (Å²) in [5.41, 5.74) is 2.27. The summed E-state index contributed by atoms with van der Waals surface area (Å²) in [4.78, 5) is 4.55. The summed E-state index contributed by atoms with van der Waals surface area (Å²) < 4.78 is 3.09. The van der Waals surface area contributed by atoms with Crippen molar-refractivity contribution in [3.05, 3.63) is 35.9 Å². The number of aryl methyl sites for hydroxylation is 2. The topological polar surface area (TPSA) is 55.6 Å². The summed E-state index contributed by atoms with van der Waals surface area (Å²) in [6.45, 7) is 2.71. The molecule has 0 aliphatic rings. The molecule has 3 rings (SSSR count). The predicted molar refractivity (Wildman–Crippen MR) is 72.7 cm³/mol. The van der Waals surface area contributed by atoms with Gasteiger partial charge >= 0.3 is 0 Å². The minimum absolute atomic E-state index is 0.634. The number of rotatable bonds is 3. The van der Waals surface area contributed by atoms with E-state index in [1.165, 1.54) is 10.3 Å². The largest absolute Gasteiger partial charge is 0.354 e. The van der Waals surface area contributed by atoms with E-state index in [-0.39, 0.29) is 0 Å². The van der Waals surface area contributed by atoms with Crippen LogP contribution in [0.15, 0.2) is 24.5 Å². The second-order valence-electron chi connectivity index (χ2n) is 4.20. The second-order valence-corrected chi connectivity index (χ2v) is 5.23. The standard InChI is InChI=1S/C12H13N5S/c1-8-3-4-10-9(5-8)15-12(18-10)13-6-11-16-14-7-17(11)2/h3-5,7H,6H2,1-2H3,(H,13,15). The minimum Gasteiger partial charge on any atom is -0.354 e. The molecule has 0 spiro atoms. The third kappa shape index (κ3) is 2.06. The van der Waals surface area contributed by atoms with Crippen LogP contribution in [0.2, 0.25) is 0 Å². The first-order chi connectivity index (χ1) is 8.72. The first-order valence-electron chi connectivity index (χ1n) is 5.66. The Bertz CT molecular complexity index is 685. The van der Waals surface area contributed by atoms with E-state index in [1.807, 2.05) is 11.6 Å². The fourth-order valence-corrected chi connectivity index (χ4v) is 2.58. The Morgan fingerprint density at radius 1 is 1.39 bits per heavy atom. The molecule has 2 heterocycles. The highest BCUT2D eigenvalue weighted by Gasteiger charge is 2.05. The minimum atomic E-state index is 0.634. The van der Waals surface area contributed by atoms with Crippen molar-refractivity contribution < 1.29 is 0 Å². The van der Waals surface area contributed by atoms with Crippen molar-refractivity contribution in [2.24, 2.45) is 7.05 Å². The molecule has 0 radical (unpaired) electrons. The highest BCUT2D eigenvalue weighted by molar-refractivity contribution is 7.22. The van der Waals surface area contributed by atoms with Gasteiger partial charge in [-0.15, -0.1) is 10.2 Å². The van der Waals surface area contributed by atoms with Crippen molar-refractivity contribution in [2.45, 2.75) is 13.5 Å². The van der Waals surface area contributed by atoms with E-state index in [0.29, 0.717) is 6.54 Å². The van der Waals surface area contributed by atoms with E-state index in [4.69, 9.17) is 0 Å². The van der Waals surface area contributed by atoms with Crippen LogP contribution in [0.4, 0.5) is 5.13 Å². The Labute approximate surface area is 109 Å². The lowest BCUT2D eigenvalue weighted by Crippen LogP contribution is -2.05. The van der Waals surface area contributed by atoms with Crippen molar-refractivity contribution in [3.63, 3.8) is 0 Å². The monoisotopic (exact) mass is 259 g/mol. The lowest BCUT2D eigenvalue weighted by atomic mass is 10.2. The van der Waals surface area contributed by atoms with Gasteiger partial charge in [0, 0.05) is 7.05 Å². The third-order valence-corrected chi connectivity index (χ3v) is 3.74. The molecule has 18 heavy (non-hydrogen) atoms. The highest BCUT2D eigenvalue weighted by Crippen LogP contribution is 2.26. The first kappa shape index (κ1) is 11.2. The van der Waals surface area contributed by atoms with Gasteiger partial charge in [0.1, 0.15) is 6.33 Å². The van der Waals surface area contributed by atoms with Crippen LogP contribution in [0, 0.1) is 6.92 Å². The number of anilines is 1. The van der Waals surface area contributed by atoms with Crippen LogP contribution in [0.1, 0.15) is 11.4 Å². The Hall–Kier alpha value is -1.95. The lowest BCUT2D eigenvalue weighted by Gasteiger charge is -2.00. The molecular formula is C12H13N5S. The zero-order valence-electron chi connectivity index (χ0n) is 10.2. The first-order valence-corrected chi connectivity index (χ1v) is 6.48. The highest BCUT2D eigenvalue weighted by atomic mass is 32.1. The van der Waals surface area contributed by atoms with Crippen LogP contribution in [-0.2, 0) is 13.6 Å². The maximum atomic E-state index is 4.55. The smallest absolute Gasteiger partial charge is 0.184 e. The fraction of sp³-hybridized carbons (Fsp3) is 0.250. The van der Waals surface area contributed by atoms with Gasteiger partial charge in [0.05, 0.1) is 16.8 Å². The van der Waals surface area contributed by atoms with Gasteiger partial charge in [-0.2, -0.15) is 0 Å². The Morgan fingerprint density at radius 3 is 3.06 bits per heavy atom. The molecule has 0 unspecified atom stereocenters. The van der Waals surface area contributed by atoms with Gasteiger partial charge < -0.3 is 9.88 Å². The van der Waals surface area contributed by atoms with Gasteiger partial charge in [-0.05, 0) is 24.6 Å². The Kier molecular flexibility index (Phi) is 2.71. The van der Waals surface area contributed by atoms with Crippen molar-refractivity contribution in [2.75, 3.05) is 5.32 Å². The molecule has 0 amide bonds. The van der Waals surface area contributed by atoms with Crippen LogP contribution in [0.5, 0.6) is 0 Å². The third-order valence-electron chi connectivity index (χ3n) is 2.75. The quantitative estimate of drug-likeness (QED) is 0.784. The van der Waals surface area contributed by atoms with Crippen LogP contribution in [0.3, 0.4) is 0 Å². The molecule has 0 atom stereocenters. The average molecular weight is 259 g/mol. The van der Waals surface area contributed by atoms with E-state index in [2.05, 4.69) is 45.6 Å². The molecule has 1 N–H and O–H groups in total. The molecule has 92 valence electrons. The molecule has 0 saturated carbocycles. The van der Waals surface area contributed by atoms with E-state index < -0.39 is 0 Å². The number of hydrogen-bond acceptors (Lipinski definition) is 5. The van der Waals surface area contributed by atoms with Gasteiger partial charge in [0.2, 0.25) is 0 Å². The van der Waals surface area contributed by atoms with Crippen molar-refractivity contribution in [1.29, 1.82) is 0 Å². The van der Waals surface area contributed by atoms with Gasteiger partial charge in [0.25, 0.3) is 0 Å². The van der Waals surface area contributed by atoms with Crippen LogP contribution >= 0.6 is 11.3 Å². The van der Waals surface area contributed by atoms with Gasteiger partial charge in [0.15, 0.2) is 11.0 Å². The summed E-state index contributed by atoms with van der Waals surface area (Å²) in [6.07, 6.45) is 1.69. The summed E-state index contributed by atoms with van der Waals surface area (Å²) in [6, 6.07) is 6.31. The molecular weight excluding hydrogens is 246 g/mol. The van der Waals surface area contributed by atoms with Crippen LogP contribution in [0.25, 0.3) is 10.2 Å². The van der Waals surface area contributed by atoms with E-state index >= 15 is 0 Å². The number of thiazole rings is 1. The molecule has 0 bridgehead atoms. The summed E-state index contributed by atoms with van der Waals surface area (Å²) in [7, 11) is 1.93. The van der Waals surface area contributed by atoms with Crippen LogP contribution < -0.4 is 5.32 Å². The van der Waals surface area contributed by atoms with E-state index in [9.17, 15) is 0 Å². The normalized spacial score (nSPS) is 11.0. The fourth-order valence-electron chi connectivity index (χ4n) is 1.73. The number of fused-ring (bicyclic) bond motifs is 1. The molecule has 0 fully saturated rings.